The largest absolute Gasteiger partial charge is 0.298 e. The van der Waals surface area contributed by atoms with E-state index in [2.05, 4.69) is 32.6 Å². The van der Waals surface area contributed by atoms with Gasteiger partial charge in [0.2, 0.25) is 0 Å². The topological polar surface area (TPSA) is 20.3 Å². The molecule has 0 N–H and O–H groups in total. The van der Waals surface area contributed by atoms with Crippen molar-refractivity contribution in [3.63, 3.8) is 0 Å². The molecule has 1 saturated carbocycles. The molecule has 0 aromatic rings. The average molecular weight is 223 g/mol. The second-order valence-corrected chi connectivity index (χ2v) is 6.75. The Hall–Kier alpha value is -0.370. The highest BCUT2D eigenvalue weighted by Gasteiger charge is 2.68. The molecule has 2 fully saturated rings. The number of fused-ring (bicyclic) bond motifs is 1. The first kappa shape index (κ1) is 12.1. The molecule has 92 valence electrons. The van der Waals surface area contributed by atoms with Crippen molar-refractivity contribution in [1.29, 1.82) is 0 Å². The molecule has 0 spiro atoms. The monoisotopic (exact) mass is 223 g/mol. The summed E-state index contributed by atoms with van der Waals surface area (Å²) in [5.41, 5.74) is 0.403. The molecular weight excluding hydrogens is 198 g/mol. The van der Waals surface area contributed by atoms with E-state index in [1.807, 2.05) is 13.8 Å². The van der Waals surface area contributed by atoms with Crippen LogP contribution in [0.4, 0.5) is 0 Å². The first-order chi connectivity index (χ1) is 7.28. The summed E-state index contributed by atoms with van der Waals surface area (Å²) in [5.74, 6) is 1.99. The van der Waals surface area contributed by atoms with Gasteiger partial charge in [0.05, 0.1) is 6.04 Å². The number of hydrogen-bond donors (Lipinski definition) is 0. The van der Waals surface area contributed by atoms with Crippen molar-refractivity contribution < 1.29 is 4.79 Å². The molecule has 2 nitrogen and oxygen atoms in total. The Morgan fingerprint density at radius 2 is 1.81 bits per heavy atom. The fourth-order valence-corrected chi connectivity index (χ4v) is 3.52. The van der Waals surface area contributed by atoms with E-state index in [0.29, 0.717) is 23.2 Å². The van der Waals surface area contributed by atoms with Crippen LogP contribution in [-0.2, 0) is 4.79 Å². The highest BCUT2D eigenvalue weighted by atomic mass is 16.1. The first-order valence-corrected chi connectivity index (χ1v) is 6.58. The lowest BCUT2D eigenvalue weighted by Gasteiger charge is -2.33. The normalized spacial score (nSPS) is 36.9. The molecule has 3 atom stereocenters. The predicted octanol–water partition coefficient (Wildman–Crippen LogP) is 2.58. The van der Waals surface area contributed by atoms with Crippen LogP contribution in [0.3, 0.4) is 0 Å². The van der Waals surface area contributed by atoms with Gasteiger partial charge in [0.25, 0.3) is 0 Å². The Morgan fingerprint density at radius 1 is 1.25 bits per heavy atom. The van der Waals surface area contributed by atoms with Crippen LogP contribution in [0, 0.1) is 23.2 Å². The number of ketones is 1. The van der Waals surface area contributed by atoms with Gasteiger partial charge >= 0.3 is 0 Å². The van der Waals surface area contributed by atoms with Crippen LogP contribution in [0.2, 0.25) is 0 Å². The maximum absolute atomic E-state index is 12.3. The summed E-state index contributed by atoms with van der Waals surface area (Å²) in [6.07, 6.45) is 0. The number of likely N-dealkylation sites (tertiary alicyclic amines) is 1. The van der Waals surface area contributed by atoms with Crippen LogP contribution in [-0.4, -0.2) is 29.3 Å². The van der Waals surface area contributed by atoms with Crippen LogP contribution in [0.15, 0.2) is 0 Å². The third-order valence-corrected chi connectivity index (χ3v) is 4.77. The molecule has 1 heterocycles. The van der Waals surface area contributed by atoms with Gasteiger partial charge in [0.15, 0.2) is 5.78 Å². The van der Waals surface area contributed by atoms with Crippen LogP contribution >= 0.6 is 0 Å². The number of carbonyl (C=O) groups is 1. The first-order valence-electron chi connectivity index (χ1n) is 6.58. The van der Waals surface area contributed by atoms with Crippen LogP contribution in [0.1, 0.15) is 41.5 Å². The van der Waals surface area contributed by atoms with E-state index in [1.165, 1.54) is 0 Å². The van der Waals surface area contributed by atoms with Crippen LogP contribution < -0.4 is 0 Å². The van der Waals surface area contributed by atoms with Crippen molar-refractivity contribution in [3.8, 4) is 0 Å². The Labute approximate surface area is 99.4 Å². The molecule has 2 heteroatoms. The SMILES string of the molecule is CC(C)C(=O)C1[C@@H]2[C@H](CN1C(C)C)C2(C)C. The zero-order valence-corrected chi connectivity index (χ0v) is 11.4. The standard InChI is InChI=1S/C14H25NO/c1-8(2)13(16)12-11-10(14(11,5)6)7-15(12)9(3)4/h8-12H,7H2,1-6H3/t10-,11-,12?/m0/s1. The molecule has 2 rings (SSSR count). The molecule has 16 heavy (non-hydrogen) atoms. The minimum atomic E-state index is 0.168. The molecule has 0 bridgehead atoms. The Bertz CT molecular complexity index is 304. The summed E-state index contributed by atoms with van der Waals surface area (Å²) in [7, 11) is 0. The number of Topliss-reactive ketones (excluding diaryl/α,β-unsaturated/α-hetero) is 1. The number of nitrogens with zero attached hydrogens (tertiary/aromatic N) is 1. The minimum absolute atomic E-state index is 0.168. The number of piperidine rings is 1. The van der Waals surface area contributed by atoms with Crippen molar-refractivity contribution in [1.82, 2.24) is 4.90 Å². The van der Waals surface area contributed by atoms with E-state index in [4.69, 9.17) is 0 Å². The van der Waals surface area contributed by atoms with Crippen molar-refractivity contribution in [2.45, 2.75) is 53.6 Å². The third kappa shape index (κ3) is 1.54. The third-order valence-electron chi connectivity index (χ3n) is 4.77. The second kappa shape index (κ2) is 3.56. The van der Waals surface area contributed by atoms with Gasteiger partial charge in [0.1, 0.15) is 0 Å². The highest BCUT2D eigenvalue weighted by Crippen LogP contribution is 2.65. The van der Waals surface area contributed by atoms with Gasteiger partial charge in [-0.15, -0.1) is 0 Å². The molecule has 1 aliphatic heterocycles. The number of rotatable bonds is 3. The van der Waals surface area contributed by atoms with E-state index in [-0.39, 0.29) is 12.0 Å². The zero-order chi connectivity index (χ0) is 12.2. The lowest BCUT2D eigenvalue weighted by Crippen LogP contribution is -2.46. The molecule has 1 aliphatic carbocycles. The fraction of sp³-hybridized carbons (Fsp3) is 0.929. The lowest BCUT2D eigenvalue weighted by atomic mass is 9.92. The maximum Gasteiger partial charge on any atom is 0.152 e. The summed E-state index contributed by atoms with van der Waals surface area (Å²) >= 11 is 0. The molecule has 0 aromatic carbocycles. The van der Waals surface area contributed by atoms with Crippen LogP contribution in [0.25, 0.3) is 0 Å². The predicted molar refractivity (Wildman–Crippen MR) is 66.2 cm³/mol. The fourth-order valence-electron chi connectivity index (χ4n) is 3.52. The molecule has 0 amide bonds. The molecule has 0 radical (unpaired) electrons. The average Bonchev–Trinajstić information content (AvgIpc) is 2.60. The van der Waals surface area contributed by atoms with Crippen molar-refractivity contribution in [2.75, 3.05) is 6.54 Å². The zero-order valence-electron chi connectivity index (χ0n) is 11.4. The maximum atomic E-state index is 12.3. The smallest absolute Gasteiger partial charge is 0.152 e. The van der Waals surface area contributed by atoms with E-state index in [1.54, 1.807) is 0 Å². The molecule has 1 saturated heterocycles. The lowest BCUT2D eigenvalue weighted by molar-refractivity contribution is -0.128. The Morgan fingerprint density at radius 3 is 2.25 bits per heavy atom. The van der Waals surface area contributed by atoms with E-state index < -0.39 is 0 Å². The van der Waals surface area contributed by atoms with Gasteiger partial charge in [-0.1, -0.05) is 27.7 Å². The van der Waals surface area contributed by atoms with Gasteiger partial charge < -0.3 is 0 Å². The van der Waals surface area contributed by atoms with Gasteiger partial charge in [-0.3, -0.25) is 9.69 Å². The van der Waals surface area contributed by atoms with Crippen molar-refractivity contribution in [3.05, 3.63) is 0 Å². The van der Waals surface area contributed by atoms with Gasteiger partial charge in [0, 0.05) is 18.5 Å². The summed E-state index contributed by atoms with van der Waals surface area (Å²) in [4.78, 5) is 14.8. The minimum Gasteiger partial charge on any atom is -0.298 e. The molecule has 2 aliphatic rings. The number of hydrogen-bond acceptors (Lipinski definition) is 2. The molecule has 1 unspecified atom stereocenters. The summed E-state index contributed by atoms with van der Waals surface area (Å²) in [6, 6.07) is 0.691. The molecular formula is C14H25NO. The van der Waals surface area contributed by atoms with Gasteiger partial charge in [-0.25, -0.2) is 0 Å². The molecule has 0 aromatic heterocycles. The van der Waals surface area contributed by atoms with Crippen molar-refractivity contribution >= 4 is 5.78 Å². The van der Waals surface area contributed by atoms with Crippen LogP contribution in [0.5, 0.6) is 0 Å². The van der Waals surface area contributed by atoms with E-state index in [9.17, 15) is 4.79 Å². The highest BCUT2D eigenvalue weighted by molar-refractivity contribution is 5.87. The Kier molecular flexibility index (Phi) is 2.69. The Balaban J connectivity index is 2.20. The van der Waals surface area contributed by atoms with E-state index >= 15 is 0 Å². The number of carbonyl (C=O) groups excluding carboxylic acids is 1. The summed E-state index contributed by atoms with van der Waals surface area (Å²) in [6.45, 7) is 14.2. The summed E-state index contributed by atoms with van der Waals surface area (Å²) in [5, 5.41) is 0. The van der Waals surface area contributed by atoms with Crippen molar-refractivity contribution in [2.24, 2.45) is 23.2 Å². The van der Waals surface area contributed by atoms with Gasteiger partial charge in [-0.2, -0.15) is 0 Å². The van der Waals surface area contributed by atoms with E-state index in [0.717, 1.165) is 12.5 Å². The quantitative estimate of drug-likeness (QED) is 0.733. The second-order valence-electron chi connectivity index (χ2n) is 6.75. The summed E-state index contributed by atoms with van der Waals surface area (Å²) < 4.78 is 0. The van der Waals surface area contributed by atoms with Gasteiger partial charge in [-0.05, 0) is 31.1 Å².